The highest BCUT2D eigenvalue weighted by Crippen LogP contribution is 2.28. The minimum absolute atomic E-state index is 0.134. The van der Waals surface area contributed by atoms with Crippen LogP contribution in [0, 0.1) is 0 Å². The van der Waals surface area contributed by atoms with Gasteiger partial charge in [0.25, 0.3) is 5.91 Å². The Balaban J connectivity index is 1.56. The van der Waals surface area contributed by atoms with E-state index in [2.05, 4.69) is 5.10 Å². The monoisotopic (exact) mass is 409 g/mol. The van der Waals surface area contributed by atoms with Gasteiger partial charge in [-0.3, -0.25) is 9.48 Å². The molecule has 7 heteroatoms. The summed E-state index contributed by atoms with van der Waals surface area (Å²) in [6.45, 7) is 3.65. The number of thiophene rings is 1. The van der Waals surface area contributed by atoms with Crippen LogP contribution in [0.5, 0.6) is 0 Å². The molecule has 0 radical (unpaired) electrons. The number of benzene rings is 1. The first-order valence-electron chi connectivity index (χ1n) is 9.77. The molecule has 0 bridgehead atoms. The van der Waals surface area contributed by atoms with Gasteiger partial charge < -0.3 is 9.64 Å². The van der Waals surface area contributed by atoms with Crippen LogP contribution in [0.4, 0.5) is 0 Å². The van der Waals surface area contributed by atoms with Crippen LogP contribution in [0.2, 0.25) is 0 Å². The van der Waals surface area contributed by atoms with E-state index < -0.39 is 12.1 Å². The summed E-state index contributed by atoms with van der Waals surface area (Å²) in [5, 5.41) is 6.57. The predicted molar refractivity (Wildman–Crippen MR) is 112 cm³/mol. The summed E-state index contributed by atoms with van der Waals surface area (Å²) in [5.74, 6) is -0.655. The van der Waals surface area contributed by atoms with Gasteiger partial charge in [0.05, 0.1) is 11.4 Å². The van der Waals surface area contributed by atoms with Gasteiger partial charge in [0, 0.05) is 19.3 Å². The fraction of sp³-hybridized carbons (Fsp3) is 0.318. The SMILES string of the molecule is C[C@H](OC(=O)c1cn(Cc2ccccc2)nc1-c1cccs1)C(=O)N1CCCC1. The number of ether oxygens (including phenoxy) is 1. The van der Waals surface area contributed by atoms with E-state index >= 15 is 0 Å². The van der Waals surface area contributed by atoms with Gasteiger partial charge in [-0.15, -0.1) is 11.3 Å². The Morgan fingerprint density at radius 2 is 1.90 bits per heavy atom. The molecule has 3 heterocycles. The molecule has 1 aliphatic rings. The number of hydrogen-bond donors (Lipinski definition) is 0. The van der Waals surface area contributed by atoms with Crippen LogP contribution in [0.15, 0.2) is 54.0 Å². The topological polar surface area (TPSA) is 64.4 Å². The first kappa shape index (κ1) is 19.4. The van der Waals surface area contributed by atoms with Gasteiger partial charge in [-0.25, -0.2) is 4.79 Å². The largest absolute Gasteiger partial charge is 0.449 e. The lowest BCUT2D eigenvalue weighted by Gasteiger charge is -2.20. The van der Waals surface area contributed by atoms with Crippen molar-refractivity contribution in [1.29, 1.82) is 0 Å². The van der Waals surface area contributed by atoms with Crippen molar-refractivity contribution in [2.45, 2.75) is 32.4 Å². The quantitative estimate of drug-likeness (QED) is 0.581. The molecule has 150 valence electrons. The molecule has 1 atom stereocenters. The van der Waals surface area contributed by atoms with Gasteiger partial charge in [0.15, 0.2) is 6.10 Å². The summed E-state index contributed by atoms with van der Waals surface area (Å²) in [6, 6.07) is 13.8. The number of carbonyl (C=O) groups is 2. The first-order valence-corrected chi connectivity index (χ1v) is 10.6. The second-order valence-corrected chi connectivity index (χ2v) is 8.08. The van der Waals surface area contributed by atoms with Crippen LogP contribution >= 0.6 is 11.3 Å². The fourth-order valence-corrected chi connectivity index (χ4v) is 4.21. The molecule has 6 nitrogen and oxygen atoms in total. The van der Waals surface area contributed by atoms with Crippen LogP contribution in [-0.4, -0.2) is 45.8 Å². The van der Waals surface area contributed by atoms with Gasteiger partial charge in [-0.2, -0.15) is 5.10 Å². The second-order valence-electron chi connectivity index (χ2n) is 7.13. The zero-order valence-electron chi connectivity index (χ0n) is 16.3. The molecule has 0 saturated carbocycles. The number of amides is 1. The third-order valence-electron chi connectivity index (χ3n) is 4.97. The maximum Gasteiger partial charge on any atom is 0.342 e. The van der Waals surface area contributed by atoms with Crippen LogP contribution in [0.1, 0.15) is 35.7 Å². The number of nitrogens with zero attached hydrogens (tertiary/aromatic N) is 3. The van der Waals surface area contributed by atoms with Crippen molar-refractivity contribution in [2.75, 3.05) is 13.1 Å². The molecule has 0 unspecified atom stereocenters. The Bertz CT molecular complexity index is 976. The molecule has 1 saturated heterocycles. The van der Waals surface area contributed by atoms with Gasteiger partial charge >= 0.3 is 5.97 Å². The van der Waals surface area contributed by atoms with Crippen molar-refractivity contribution in [2.24, 2.45) is 0 Å². The van der Waals surface area contributed by atoms with E-state index in [1.165, 1.54) is 11.3 Å². The molecule has 2 aromatic heterocycles. The maximum absolute atomic E-state index is 12.9. The first-order chi connectivity index (χ1) is 14.1. The highest BCUT2D eigenvalue weighted by molar-refractivity contribution is 7.13. The average Bonchev–Trinajstić information content (AvgIpc) is 3.48. The van der Waals surface area contributed by atoms with Crippen molar-refractivity contribution in [3.63, 3.8) is 0 Å². The van der Waals surface area contributed by atoms with Gasteiger partial charge in [-0.1, -0.05) is 36.4 Å². The minimum Gasteiger partial charge on any atom is -0.449 e. The normalized spacial score (nSPS) is 14.7. The summed E-state index contributed by atoms with van der Waals surface area (Å²) in [4.78, 5) is 28.1. The molecule has 3 aromatic rings. The smallest absolute Gasteiger partial charge is 0.342 e. The lowest BCUT2D eigenvalue weighted by Crippen LogP contribution is -2.38. The van der Waals surface area contributed by atoms with Crippen molar-refractivity contribution >= 4 is 23.2 Å². The molecule has 1 amide bonds. The molecule has 1 aliphatic heterocycles. The number of hydrogen-bond acceptors (Lipinski definition) is 5. The Morgan fingerprint density at radius 3 is 2.59 bits per heavy atom. The summed E-state index contributed by atoms with van der Waals surface area (Å²) < 4.78 is 7.28. The summed E-state index contributed by atoms with van der Waals surface area (Å²) in [5.41, 5.74) is 2.05. The molecular formula is C22H23N3O3S. The highest BCUT2D eigenvalue weighted by Gasteiger charge is 2.28. The van der Waals surface area contributed by atoms with Crippen molar-refractivity contribution in [3.05, 3.63) is 65.2 Å². The van der Waals surface area contributed by atoms with E-state index in [9.17, 15) is 9.59 Å². The number of carbonyl (C=O) groups excluding carboxylic acids is 2. The van der Waals surface area contributed by atoms with E-state index in [-0.39, 0.29) is 5.91 Å². The average molecular weight is 410 g/mol. The van der Waals surface area contributed by atoms with Crippen LogP contribution in [0.25, 0.3) is 10.6 Å². The molecular weight excluding hydrogens is 386 g/mol. The molecule has 1 aromatic carbocycles. The summed E-state index contributed by atoms with van der Waals surface area (Å²) >= 11 is 1.51. The van der Waals surface area contributed by atoms with Crippen molar-refractivity contribution in [1.82, 2.24) is 14.7 Å². The Kier molecular flexibility index (Phi) is 5.76. The fourth-order valence-electron chi connectivity index (χ4n) is 3.49. The number of aromatic nitrogens is 2. The predicted octanol–water partition coefficient (Wildman–Crippen LogP) is 3.83. The molecule has 0 aliphatic carbocycles. The van der Waals surface area contributed by atoms with Crippen molar-refractivity contribution in [3.8, 4) is 10.6 Å². The van der Waals surface area contributed by atoms with Crippen LogP contribution in [-0.2, 0) is 16.1 Å². The summed E-state index contributed by atoms with van der Waals surface area (Å²) in [6.07, 6.45) is 2.90. The highest BCUT2D eigenvalue weighted by atomic mass is 32.1. The van der Waals surface area contributed by atoms with E-state index in [1.54, 1.807) is 22.7 Å². The van der Waals surface area contributed by atoms with Crippen LogP contribution < -0.4 is 0 Å². The van der Waals surface area contributed by atoms with E-state index in [1.807, 2.05) is 47.8 Å². The number of likely N-dealkylation sites (tertiary alicyclic amines) is 1. The lowest BCUT2D eigenvalue weighted by atomic mass is 10.2. The van der Waals surface area contributed by atoms with Crippen LogP contribution in [0.3, 0.4) is 0 Å². The standard InChI is InChI=1S/C22H23N3O3S/c1-16(21(26)24-11-5-6-12-24)28-22(27)18-15-25(14-17-8-3-2-4-9-17)23-20(18)19-10-7-13-29-19/h2-4,7-10,13,15-16H,5-6,11-12,14H2,1H3/t16-/m0/s1. The Labute approximate surface area is 173 Å². The zero-order valence-corrected chi connectivity index (χ0v) is 17.1. The van der Waals surface area contributed by atoms with E-state index in [0.717, 1.165) is 36.4 Å². The van der Waals surface area contributed by atoms with Gasteiger partial charge in [0.1, 0.15) is 11.3 Å². The molecule has 0 spiro atoms. The molecule has 29 heavy (non-hydrogen) atoms. The zero-order chi connectivity index (χ0) is 20.2. The molecule has 4 rings (SSSR count). The number of esters is 1. The Morgan fingerprint density at radius 1 is 1.14 bits per heavy atom. The third kappa shape index (κ3) is 4.40. The van der Waals surface area contributed by atoms with Gasteiger partial charge in [0.2, 0.25) is 0 Å². The van der Waals surface area contributed by atoms with E-state index in [4.69, 9.17) is 4.74 Å². The minimum atomic E-state index is -0.811. The van der Waals surface area contributed by atoms with Gasteiger partial charge in [-0.05, 0) is 36.8 Å². The summed E-state index contributed by atoms with van der Waals surface area (Å²) in [7, 11) is 0. The second kappa shape index (κ2) is 8.61. The third-order valence-corrected chi connectivity index (χ3v) is 5.85. The molecule has 1 fully saturated rings. The van der Waals surface area contributed by atoms with Crippen molar-refractivity contribution < 1.29 is 14.3 Å². The number of rotatable bonds is 6. The maximum atomic E-state index is 12.9. The molecule has 0 N–H and O–H groups in total. The van der Waals surface area contributed by atoms with E-state index in [0.29, 0.717) is 17.8 Å². The lowest BCUT2D eigenvalue weighted by molar-refractivity contribution is -0.138. The Hall–Kier alpha value is -2.93.